The first-order valence-electron chi connectivity index (χ1n) is 11.7. The van der Waals surface area contributed by atoms with E-state index in [0.717, 1.165) is 16.7 Å². The highest BCUT2D eigenvalue weighted by Crippen LogP contribution is 2.42. The Morgan fingerprint density at radius 1 is 1.00 bits per heavy atom. The number of phenols is 1. The van der Waals surface area contributed by atoms with Crippen LogP contribution in [0, 0.1) is 13.8 Å². The molecule has 2 N–H and O–H groups in total. The number of nitrogens with zero attached hydrogens (tertiary/aromatic N) is 1. The number of methoxy groups -OCH3 is 1. The van der Waals surface area contributed by atoms with Gasteiger partial charge in [-0.2, -0.15) is 0 Å². The van der Waals surface area contributed by atoms with E-state index in [-0.39, 0.29) is 29.4 Å². The van der Waals surface area contributed by atoms with Crippen LogP contribution in [0.25, 0.3) is 5.76 Å². The molecule has 7 nitrogen and oxygen atoms in total. The average molecular weight is 488 g/mol. The van der Waals surface area contributed by atoms with Crippen molar-refractivity contribution in [2.75, 3.05) is 13.7 Å². The van der Waals surface area contributed by atoms with Crippen molar-refractivity contribution in [2.24, 2.45) is 0 Å². The Kier molecular flexibility index (Phi) is 7.01. The molecule has 1 atom stereocenters. The van der Waals surface area contributed by atoms with E-state index in [4.69, 9.17) is 9.47 Å². The molecule has 0 saturated carbocycles. The Labute approximate surface area is 210 Å². The second kappa shape index (κ2) is 10.2. The van der Waals surface area contributed by atoms with Crippen molar-refractivity contribution < 1.29 is 29.3 Å². The molecule has 1 saturated heterocycles. The fourth-order valence-electron chi connectivity index (χ4n) is 4.42. The summed E-state index contributed by atoms with van der Waals surface area (Å²) < 4.78 is 10.7. The van der Waals surface area contributed by atoms with Crippen LogP contribution < -0.4 is 9.47 Å². The van der Waals surface area contributed by atoms with Crippen LogP contribution in [0.5, 0.6) is 17.2 Å². The van der Waals surface area contributed by atoms with Crippen LogP contribution in [-0.4, -0.2) is 40.5 Å². The Hall–Kier alpha value is -4.26. The minimum absolute atomic E-state index is 0.0244. The van der Waals surface area contributed by atoms with Crippen molar-refractivity contribution >= 4 is 17.4 Å². The zero-order chi connectivity index (χ0) is 26.0. The molecule has 1 aliphatic heterocycles. The number of ether oxygens (including phenoxy) is 2. The van der Waals surface area contributed by atoms with Gasteiger partial charge in [0.1, 0.15) is 11.5 Å². The summed E-state index contributed by atoms with van der Waals surface area (Å²) in [4.78, 5) is 28.1. The number of carbonyl (C=O) groups is 2. The lowest BCUT2D eigenvalue weighted by Crippen LogP contribution is -2.29. The molecule has 7 heteroatoms. The largest absolute Gasteiger partial charge is 0.507 e. The van der Waals surface area contributed by atoms with Crippen molar-refractivity contribution in [3.05, 3.63) is 94.1 Å². The summed E-state index contributed by atoms with van der Waals surface area (Å²) in [5.74, 6) is -0.987. The third-order valence-corrected chi connectivity index (χ3v) is 6.35. The lowest BCUT2D eigenvalue weighted by Gasteiger charge is -2.26. The number of hydrogen-bond donors (Lipinski definition) is 2. The fourth-order valence-corrected chi connectivity index (χ4v) is 4.42. The highest BCUT2D eigenvalue weighted by Gasteiger charge is 2.46. The van der Waals surface area contributed by atoms with Crippen molar-refractivity contribution in [2.45, 2.75) is 33.4 Å². The molecule has 186 valence electrons. The molecular weight excluding hydrogens is 458 g/mol. The summed E-state index contributed by atoms with van der Waals surface area (Å²) in [6.07, 6.45) is 0. The summed E-state index contributed by atoms with van der Waals surface area (Å²) in [7, 11) is 1.54. The monoisotopic (exact) mass is 487 g/mol. The Morgan fingerprint density at radius 3 is 2.39 bits per heavy atom. The van der Waals surface area contributed by atoms with Crippen molar-refractivity contribution in [3.8, 4) is 17.2 Å². The number of rotatable bonds is 7. The number of aryl methyl sites for hydroxylation is 2. The number of ketones is 1. The van der Waals surface area contributed by atoms with Crippen LogP contribution in [0.4, 0.5) is 0 Å². The smallest absolute Gasteiger partial charge is 0.295 e. The summed E-state index contributed by atoms with van der Waals surface area (Å²) in [6, 6.07) is 16.4. The van der Waals surface area contributed by atoms with E-state index in [1.807, 2.05) is 32.0 Å². The Balaban J connectivity index is 1.89. The fraction of sp³-hybridized carbons (Fsp3) is 0.241. The van der Waals surface area contributed by atoms with Crippen LogP contribution in [0.15, 0.2) is 66.2 Å². The summed E-state index contributed by atoms with van der Waals surface area (Å²) in [5.41, 5.74) is 3.81. The summed E-state index contributed by atoms with van der Waals surface area (Å²) >= 11 is 0. The van der Waals surface area contributed by atoms with Crippen molar-refractivity contribution in [1.82, 2.24) is 4.90 Å². The molecule has 4 rings (SSSR count). The summed E-state index contributed by atoms with van der Waals surface area (Å²) in [5, 5.41) is 21.5. The summed E-state index contributed by atoms with van der Waals surface area (Å²) in [6.45, 7) is 6.21. The van der Waals surface area contributed by atoms with Gasteiger partial charge in [0, 0.05) is 12.1 Å². The molecule has 0 aromatic heterocycles. The molecule has 1 aliphatic rings. The lowest BCUT2D eigenvalue weighted by atomic mass is 9.94. The van der Waals surface area contributed by atoms with Gasteiger partial charge in [0.05, 0.1) is 25.3 Å². The lowest BCUT2D eigenvalue weighted by molar-refractivity contribution is -0.140. The number of benzene rings is 3. The SMILES string of the molecule is CCOc1cc(C2/C(=C(/O)c3ccc(OC)cc3)C(=O)C(=O)N2Cc2cc(C)ccc2C)ccc1O. The second-order valence-electron chi connectivity index (χ2n) is 8.75. The second-order valence-corrected chi connectivity index (χ2v) is 8.75. The van der Waals surface area contributed by atoms with Gasteiger partial charge in [0.2, 0.25) is 0 Å². The van der Waals surface area contributed by atoms with Gasteiger partial charge >= 0.3 is 0 Å². The van der Waals surface area contributed by atoms with Crippen LogP contribution in [0.2, 0.25) is 0 Å². The number of hydrogen-bond acceptors (Lipinski definition) is 6. The predicted octanol–water partition coefficient (Wildman–Crippen LogP) is 5.04. The van der Waals surface area contributed by atoms with E-state index < -0.39 is 17.7 Å². The third-order valence-electron chi connectivity index (χ3n) is 6.35. The molecule has 3 aromatic carbocycles. The zero-order valence-electron chi connectivity index (χ0n) is 20.7. The van der Waals surface area contributed by atoms with Gasteiger partial charge in [-0.25, -0.2) is 0 Å². The van der Waals surface area contributed by atoms with E-state index in [2.05, 4.69) is 0 Å². The molecule has 1 amide bonds. The van der Waals surface area contributed by atoms with Gasteiger partial charge in [-0.05, 0) is 73.9 Å². The molecule has 0 bridgehead atoms. The maximum absolute atomic E-state index is 13.3. The first-order chi connectivity index (χ1) is 17.2. The van der Waals surface area contributed by atoms with Crippen molar-refractivity contribution in [3.63, 3.8) is 0 Å². The standard InChI is InChI=1S/C29H29NO6/c1-5-36-24-15-20(10-13-23(24)31)26-25(27(32)19-8-11-22(35-4)12-9-19)28(33)29(34)30(26)16-21-14-17(2)6-7-18(21)3/h6-15,26,31-32H,5,16H2,1-4H3/b27-25-. The number of amides is 1. The minimum Gasteiger partial charge on any atom is -0.507 e. The molecule has 0 aliphatic carbocycles. The number of phenolic OH excluding ortho intramolecular Hbond substituents is 1. The Morgan fingerprint density at radius 2 is 1.72 bits per heavy atom. The van der Waals surface area contributed by atoms with Gasteiger partial charge < -0.3 is 24.6 Å². The molecule has 1 heterocycles. The van der Waals surface area contributed by atoms with E-state index in [1.54, 1.807) is 43.3 Å². The minimum atomic E-state index is -0.883. The topological polar surface area (TPSA) is 96.3 Å². The van der Waals surface area contributed by atoms with Crippen LogP contribution in [0.1, 0.15) is 40.8 Å². The van der Waals surface area contributed by atoms with E-state index in [1.165, 1.54) is 18.1 Å². The van der Waals surface area contributed by atoms with E-state index in [0.29, 0.717) is 23.5 Å². The highest BCUT2D eigenvalue weighted by molar-refractivity contribution is 6.46. The van der Waals surface area contributed by atoms with Crippen LogP contribution >= 0.6 is 0 Å². The molecular formula is C29H29NO6. The van der Waals surface area contributed by atoms with E-state index >= 15 is 0 Å². The van der Waals surface area contributed by atoms with Gasteiger partial charge in [-0.3, -0.25) is 9.59 Å². The molecule has 1 fully saturated rings. The normalized spacial score (nSPS) is 16.9. The average Bonchev–Trinajstić information content (AvgIpc) is 3.12. The number of aromatic hydroxyl groups is 1. The maximum atomic E-state index is 13.3. The predicted molar refractivity (Wildman–Crippen MR) is 136 cm³/mol. The maximum Gasteiger partial charge on any atom is 0.295 e. The first-order valence-corrected chi connectivity index (χ1v) is 11.7. The number of Topliss-reactive ketones (excluding diaryl/α,β-unsaturated/α-hetero) is 1. The zero-order valence-corrected chi connectivity index (χ0v) is 20.7. The number of aliphatic hydroxyl groups is 1. The molecule has 1 unspecified atom stereocenters. The molecule has 3 aromatic rings. The van der Waals surface area contributed by atoms with Gasteiger partial charge in [-0.1, -0.05) is 29.8 Å². The number of aliphatic hydroxyl groups excluding tert-OH is 1. The third kappa shape index (κ3) is 4.64. The highest BCUT2D eigenvalue weighted by atomic mass is 16.5. The van der Waals surface area contributed by atoms with Crippen molar-refractivity contribution in [1.29, 1.82) is 0 Å². The molecule has 36 heavy (non-hydrogen) atoms. The number of carbonyl (C=O) groups excluding carboxylic acids is 2. The van der Waals surface area contributed by atoms with Gasteiger partial charge in [0.25, 0.3) is 11.7 Å². The van der Waals surface area contributed by atoms with Crippen LogP contribution in [-0.2, 0) is 16.1 Å². The number of likely N-dealkylation sites (tertiary alicyclic amines) is 1. The quantitative estimate of drug-likeness (QED) is 0.275. The molecule has 0 spiro atoms. The van der Waals surface area contributed by atoms with Crippen LogP contribution in [0.3, 0.4) is 0 Å². The molecule has 0 radical (unpaired) electrons. The van der Waals surface area contributed by atoms with Gasteiger partial charge in [-0.15, -0.1) is 0 Å². The Bertz CT molecular complexity index is 1340. The first kappa shape index (κ1) is 24.9. The van der Waals surface area contributed by atoms with Gasteiger partial charge in [0.15, 0.2) is 11.5 Å². The van der Waals surface area contributed by atoms with E-state index in [9.17, 15) is 19.8 Å².